The van der Waals surface area contributed by atoms with Gasteiger partial charge in [0.05, 0.1) is 23.1 Å². The fourth-order valence-electron chi connectivity index (χ4n) is 6.20. The summed E-state index contributed by atoms with van der Waals surface area (Å²) >= 11 is 0. The van der Waals surface area contributed by atoms with Crippen LogP contribution in [0.15, 0.2) is 54.9 Å². The van der Waals surface area contributed by atoms with Crippen molar-refractivity contribution in [1.82, 2.24) is 14.9 Å². The van der Waals surface area contributed by atoms with Gasteiger partial charge in [-0.15, -0.1) is 0 Å². The molecule has 2 aromatic heterocycles. The quantitative estimate of drug-likeness (QED) is 0.429. The number of rotatable bonds is 5. The molecule has 3 aliphatic rings. The number of carbonyl (C=O) groups is 1. The summed E-state index contributed by atoms with van der Waals surface area (Å²) in [4.78, 5) is 29.3. The van der Waals surface area contributed by atoms with Crippen LogP contribution in [0.25, 0.3) is 11.3 Å². The summed E-state index contributed by atoms with van der Waals surface area (Å²) in [5.41, 5.74) is 5.89. The number of nitrogens with zero attached hydrogens (tertiary/aromatic N) is 5. The number of aromatic nitrogens is 2. The number of piperidine rings is 1. The number of hydrogen-bond donors (Lipinski definition) is 1. The Labute approximate surface area is 243 Å². The lowest BCUT2D eigenvalue weighted by Crippen LogP contribution is -2.53. The number of ether oxygens (including phenoxy) is 1. The van der Waals surface area contributed by atoms with E-state index in [1.165, 1.54) is 23.4 Å². The first-order chi connectivity index (χ1) is 19.8. The van der Waals surface area contributed by atoms with Crippen LogP contribution in [0.1, 0.15) is 56.0 Å². The van der Waals surface area contributed by atoms with Gasteiger partial charge in [-0.05, 0) is 94.5 Å². The van der Waals surface area contributed by atoms with Gasteiger partial charge in [-0.3, -0.25) is 9.88 Å². The number of fused-ring (bicyclic) bond motifs is 1. The smallest absolute Gasteiger partial charge is 0.338 e. The number of hydrogen-bond acceptors (Lipinski definition) is 8. The monoisotopic (exact) mass is 554 g/mol. The number of benzene rings is 1. The van der Waals surface area contributed by atoms with Crippen molar-refractivity contribution >= 4 is 23.2 Å². The van der Waals surface area contributed by atoms with Gasteiger partial charge < -0.3 is 19.9 Å². The van der Waals surface area contributed by atoms with Crippen LogP contribution in [0.2, 0.25) is 0 Å². The first-order valence-corrected chi connectivity index (χ1v) is 15.1. The van der Waals surface area contributed by atoms with Crippen molar-refractivity contribution < 1.29 is 9.53 Å². The number of esters is 1. The Kier molecular flexibility index (Phi) is 7.84. The van der Waals surface area contributed by atoms with E-state index < -0.39 is 5.60 Å². The van der Waals surface area contributed by atoms with Gasteiger partial charge in [0.15, 0.2) is 0 Å². The average Bonchev–Trinajstić information content (AvgIpc) is 3.00. The van der Waals surface area contributed by atoms with Gasteiger partial charge in [0, 0.05) is 69.3 Å². The normalized spacial score (nSPS) is 18.5. The molecule has 8 heteroatoms. The lowest BCUT2D eigenvalue weighted by atomic mass is 10.0. The largest absolute Gasteiger partial charge is 0.456 e. The van der Waals surface area contributed by atoms with Crippen LogP contribution >= 0.6 is 0 Å². The highest BCUT2D eigenvalue weighted by Gasteiger charge is 2.28. The Morgan fingerprint density at radius 3 is 2.34 bits per heavy atom. The van der Waals surface area contributed by atoms with Crippen LogP contribution in [0.4, 0.5) is 17.2 Å². The molecular weight excluding hydrogens is 512 g/mol. The zero-order valence-electron chi connectivity index (χ0n) is 24.6. The van der Waals surface area contributed by atoms with Crippen molar-refractivity contribution in [3.8, 4) is 11.3 Å². The summed E-state index contributed by atoms with van der Waals surface area (Å²) < 4.78 is 5.50. The molecule has 3 aliphatic heterocycles. The molecule has 0 atom stereocenters. The molecule has 0 radical (unpaired) electrons. The highest BCUT2D eigenvalue weighted by atomic mass is 16.6. The van der Waals surface area contributed by atoms with Gasteiger partial charge in [0.2, 0.25) is 0 Å². The molecule has 6 rings (SSSR count). The molecule has 0 saturated carbocycles. The minimum absolute atomic E-state index is 0.268. The van der Waals surface area contributed by atoms with Crippen LogP contribution in [0.5, 0.6) is 0 Å². The second-order valence-electron chi connectivity index (χ2n) is 12.5. The van der Waals surface area contributed by atoms with E-state index in [1.54, 1.807) is 0 Å². The topological polar surface area (TPSA) is 73.8 Å². The summed E-state index contributed by atoms with van der Waals surface area (Å²) in [5, 5.41) is 3.44. The van der Waals surface area contributed by atoms with Crippen LogP contribution < -0.4 is 15.1 Å². The molecule has 3 aromatic rings. The van der Waals surface area contributed by atoms with Crippen molar-refractivity contribution in [2.24, 2.45) is 0 Å². The van der Waals surface area contributed by atoms with Crippen LogP contribution in [0.3, 0.4) is 0 Å². The molecular formula is C33H42N6O2. The number of pyridine rings is 2. The standard InChI is InChI=1S/C33H42N6O2/c1-33(2,3)41-32(40)24-6-9-27(10-7-24)37-17-19-38(20-18-37)28-12-15-39(16-13-28)31-11-8-26(22-36-31)29-21-25-5-4-14-34-30(25)23-35-29/h6-11,21-23,28,34H,4-5,12-20H2,1-3H3. The van der Waals surface area contributed by atoms with E-state index >= 15 is 0 Å². The second-order valence-corrected chi connectivity index (χ2v) is 12.5. The van der Waals surface area contributed by atoms with Crippen LogP contribution in [-0.4, -0.2) is 78.3 Å². The van der Waals surface area contributed by atoms with Gasteiger partial charge in [-0.2, -0.15) is 0 Å². The summed E-state index contributed by atoms with van der Waals surface area (Å²) in [6.45, 7) is 12.9. The van der Waals surface area contributed by atoms with Crippen LogP contribution in [-0.2, 0) is 11.2 Å². The first kappa shape index (κ1) is 27.5. The number of carbonyl (C=O) groups excluding carboxylic acids is 1. The highest BCUT2D eigenvalue weighted by molar-refractivity contribution is 5.90. The predicted octanol–water partition coefficient (Wildman–Crippen LogP) is 5.25. The Bertz CT molecular complexity index is 1340. The molecule has 1 N–H and O–H groups in total. The lowest BCUT2D eigenvalue weighted by molar-refractivity contribution is 0.00695. The summed E-state index contributed by atoms with van der Waals surface area (Å²) in [7, 11) is 0. The summed E-state index contributed by atoms with van der Waals surface area (Å²) in [6, 6.07) is 15.0. The van der Waals surface area contributed by atoms with Gasteiger partial charge in [-0.1, -0.05) is 0 Å². The Morgan fingerprint density at radius 1 is 0.902 bits per heavy atom. The van der Waals surface area contributed by atoms with E-state index in [0.29, 0.717) is 11.6 Å². The Morgan fingerprint density at radius 2 is 1.66 bits per heavy atom. The maximum atomic E-state index is 12.3. The van der Waals surface area contributed by atoms with Gasteiger partial charge in [0.1, 0.15) is 11.4 Å². The molecule has 216 valence electrons. The number of aryl methyl sites for hydroxylation is 1. The molecule has 1 aromatic carbocycles. The third-order valence-corrected chi connectivity index (χ3v) is 8.46. The molecule has 2 fully saturated rings. The Balaban J connectivity index is 0.980. The van der Waals surface area contributed by atoms with E-state index in [4.69, 9.17) is 9.72 Å². The first-order valence-electron chi connectivity index (χ1n) is 15.1. The van der Waals surface area contributed by atoms with E-state index in [0.717, 1.165) is 82.2 Å². The van der Waals surface area contributed by atoms with E-state index in [2.05, 4.69) is 43.2 Å². The Hall–Kier alpha value is -3.65. The highest BCUT2D eigenvalue weighted by Crippen LogP contribution is 2.28. The van der Waals surface area contributed by atoms with E-state index in [9.17, 15) is 4.79 Å². The zero-order chi connectivity index (χ0) is 28.4. The minimum Gasteiger partial charge on any atom is -0.456 e. The predicted molar refractivity (Wildman–Crippen MR) is 165 cm³/mol. The fraction of sp³-hybridized carbons (Fsp3) is 0.485. The molecule has 0 spiro atoms. The lowest BCUT2D eigenvalue weighted by Gasteiger charge is -2.43. The molecule has 5 heterocycles. The number of anilines is 3. The van der Waals surface area contributed by atoms with Crippen molar-refractivity contribution in [3.05, 3.63) is 66.0 Å². The second kappa shape index (κ2) is 11.7. The molecule has 0 aliphatic carbocycles. The van der Waals surface area contributed by atoms with E-state index in [-0.39, 0.29) is 5.97 Å². The SMILES string of the molecule is CC(C)(C)OC(=O)c1ccc(N2CCN(C3CCN(c4ccc(-c5cc6c(cn5)NCCC6)cn4)CC3)CC2)cc1. The fourth-order valence-corrected chi connectivity index (χ4v) is 6.20. The number of nitrogens with one attached hydrogen (secondary N) is 1. The van der Waals surface area contributed by atoms with Crippen LogP contribution in [0, 0.1) is 0 Å². The molecule has 0 unspecified atom stereocenters. The van der Waals surface area contributed by atoms with Gasteiger partial charge >= 0.3 is 5.97 Å². The van der Waals surface area contributed by atoms with Crippen molar-refractivity contribution in [3.63, 3.8) is 0 Å². The maximum absolute atomic E-state index is 12.3. The third-order valence-electron chi connectivity index (χ3n) is 8.46. The molecule has 0 bridgehead atoms. The summed E-state index contributed by atoms with van der Waals surface area (Å²) in [6.07, 6.45) is 8.54. The molecule has 2 saturated heterocycles. The van der Waals surface area contributed by atoms with E-state index in [1.807, 2.05) is 57.4 Å². The van der Waals surface area contributed by atoms with Gasteiger partial charge in [0.25, 0.3) is 0 Å². The molecule has 0 amide bonds. The van der Waals surface area contributed by atoms with Crippen molar-refractivity contribution in [2.75, 3.05) is 60.9 Å². The average molecular weight is 555 g/mol. The van der Waals surface area contributed by atoms with Crippen molar-refractivity contribution in [2.45, 2.75) is 58.1 Å². The zero-order valence-corrected chi connectivity index (χ0v) is 24.6. The maximum Gasteiger partial charge on any atom is 0.338 e. The van der Waals surface area contributed by atoms with Crippen molar-refractivity contribution in [1.29, 1.82) is 0 Å². The third kappa shape index (κ3) is 6.48. The molecule has 41 heavy (non-hydrogen) atoms. The van der Waals surface area contributed by atoms with Gasteiger partial charge in [-0.25, -0.2) is 9.78 Å². The summed E-state index contributed by atoms with van der Waals surface area (Å²) in [5.74, 6) is 0.794. The minimum atomic E-state index is -0.485. The molecule has 8 nitrogen and oxygen atoms in total. The number of piperazine rings is 1.